The van der Waals surface area contributed by atoms with Gasteiger partial charge in [-0.3, -0.25) is 0 Å². The predicted octanol–water partition coefficient (Wildman–Crippen LogP) is 4.93. The molecule has 0 aromatic heterocycles. The van der Waals surface area contributed by atoms with Gasteiger partial charge in [0.1, 0.15) is 0 Å². The van der Waals surface area contributed by atoms with Crippen molar-refractivity contribution in [2.45, 2.75) is 3.79 Å². The van der Waals surface area contributed by atoms with Crippen molar-refractivity contribution in [2.75, 3.05) is 0 Å². The highest BCUT2D eigenvalue weighted by molar-refractivity contribution is 9.10. The fourth-order valence-corrected chi connectivity index (χ4v) is 2.24. The van der Waals surface area contributed by atoms with Crippen LogP contribution in [0.4, 0.5) is 0 Å². The van der Waals surface area contributed by atoms with Crippen LogP contribution in [0.5, 0.6) is 0 Å². The first kappa shape index (κ1) is 10.9. The Kier molecular flexibility index (Phi) is 3.58. The molecule has 0 radical (unpaired) electrons. The maximum absolute atomic E-state index is 5.73. The van der Waals surface area contributed by atoms with Crippen LogP contribution in [0.25, 0.3) is 0 Å². The zero-order chi connectivity index (χ0) is 9.35. The minimum absolute atomic E-state index is 0.541. The third kappa shape index (κ3) is 2.68. The van der Waals surface area contributed by atoms with Gasteiger partial charge < -0.3 is 0 Å². The molecular weight excluding hydrogens is 306 g/mol. The summed E-state index contributed by atoms with van der Waals surface area (Å²) in [5, 5.41) is 0.541. The molecule has 5 heteroatoms. The minimum atomic E-state index is -1.44. The largest absolute Gasteiger partial charge is 0.217 e. The van der Waals surface area contributed by atoms with Crippen molar-refractivity contribution >= 4 is 62.3 Å². The maximum atomic E-state index is 5.73. The highest BCUT2D eigenvalue weighted by Gasteiger charge is 2.25. The van der Waals surface area contributed by atoms with Crippen molar-refractivity contribution in [3.63, 3.8) is 0 Å². The number of benzene rings is 1. The van der Waals surface area contributed by atoms with Crippen LogP contribution in [0.15, 0.2) is 22.7 Å². The smallest absolute Gasteiger partial charge is 0.0843 e. The van der Waals surface area contributed by atoms with Gasteiger partial charge in [-0.1, -0.05) is 62.3 Å². The average molecular weight is 309 g/mol. The summed E-state index contributed by atoms with van der Waals surface area (Å²) in [4.78, 5) is 0. The fraction of sp³-hybridized carbons (Fsp3) is 0.143. The van der Waals surface area contributed by atoms with Gasteiger partial charge in [-0.25, -0.2) is 0 Å². The first-order valence-corrected chi connectivity index (χ1v) is 5.24. The molecule has 0 aliphatic rings. The van der Waals surface area contributed by atoms with Crippen molar-refractivity contribution in [1.82, 2.24) is 0 Å². The van der Waals surface area contributed by atoms with Gasteiger partial charge in [-0.2, -0.15) is 0 Å². The van der Waals surface area contributed by atoms with E-state index in [2.05, 4.69) is 15.9 Å². The average Bonchev–Trinajstić information content (AvgIpc) is 1.92. The van der Waals surface area contributed by atoms with Gasteiger partial charge in [-0.05, 0) is 18.2 Å². The molecule has 0 spiro atoms. The second kappa shape index (κ2) is 3.93. The van der Waals surface area contributed by atoms with Gasteiger partial charge in [-0.15, -0.1) is 0 Å². The first-order valence-electron chi connectivity index (χ1n) is 2.93. The zero-order valence-electron chi connectivity index (χ0n) is 5.62. The molecule has 0 nitrogen and oxygen atoms in total. The lowest BCUT2D eigenvalue weighted by atomic mass is 10.2. The third-order valence-corrected chi connectivity index (χ3v) is 2.77. The van der Waals surface area contributed by atoms with Gasteiger partial charge in [0.05, 0.1) is 0 Å². The minimum Gasteiger partial charge on any atom is -0.0843 e. The number of alkyl halides is 3. The van der Waals surface area contributed by atoms with Crippen molar-refractivity contribution in [1.29, 1.82) is 0 Å². The van der Waals surface area contributed by atoms with E-state index >= 15 is 0 Å². The summed E-state index contributed by atoms with van der Waals surface area (Å²) in [5.74, 6) is 0. The van der Waals surface area contributed by atoms with E-state index in [1.165, 1.54) is 0 Å². The van der Waals surface area contributed by atoms with Crippen LogP contribution in [-0.2, 0) is 3.79 Å². The summed E-state index contributed by atoms with van der Waals surface area (Å²) >= 11 is 26.0. The van der Waals surface area contributed by atoms with Crippen LogP contribution in [0, 0.1) is 0 Å². The summed E-state index contributed by atoms with van der Waals surface area (Å²) in [6.07, 6.45) is 0. The normalized spacial score (nSPS) is 11.8. The van der Waals surface area contributed by atoms with Crippen LogP contribution < -0.4 is 0 Å². The molecular formula is C7H3BrCl4. The molecule has 0 unspecified atom stereocenters. The Morgan fingerprint density at radius 2 is 1.75 bits per heavy atom. The van der Waals surface area contributed by atoms with Crippen LogP contribution in [0.3, 0.4) is 0 Å². The standard InChI is InChI=1S/C7H3BrCl4/c8-6-2-1-4(9)3-5(6)7(10,11)12/h1-3H. The predicted molar refractivity (Wildman–Crippen MR) is 58.4 cm³/mol. The molecule has 0 amide bonds. The molecule has 0 saturated heterocycles. The molecule has 0 saturated carbocycles. The molecule has 1 aromatic rings. The van der Waals surface area contributed by atoms with E-state index in [1.54, 1.807) is 18.2 Å². The molecule has 0 heterocycles. The van der Waals surface area contributed by atoms with E-state index in [0.29, 0.717) is 10.6 Å². The Hall–Kier alpha value is 0.860. The van der Waals surface area contributed by atoms with Crippen LogP contribution in [-0.4, -0.2) is 0 Å². The van der Waals surface area contributed by atoms with E-state index < -0.39 is 3.79 Å². The van der Waals surface area contributed by atoms with E-state index in [1.807, 2.05) is 0 Å². The fourth-order valence-electron chi connectivity index (χ4n) is 0.715. The number of hydrogen-bond acceptors (Lipinski definition) is 0. The summed E-state index contributed by atoms with van der Waals surface area (Å²) in [7, 11) is 0. The van der Waals surface area contributed by atoms with Gasteiger partial charge in [0, 0.05) is 15.1 Å². The van der Waals surface area contributed by atoms with E-state index in [-0.39, 0.29) is 0 Å². The Balaban J connectivity index is 3.23. The quantitative estimate of drug-likeness (QED) is 0.596. The highest BCUT2D eigenvalue weighted by atomic mass is 79.9. The summed E-state index contributed by atoms with van der Waals surface area (Å²) in [5.41, 5.74) is 0.542. The third-order valence-electron chi connectivity index (χ3n) is 1.23. The van der Waals surface area contributed by atoms with Crippen molar-refractivity contribution < 1.29 is 0 Å². The molecule has 0 aliphatic heterocycles. The van der Waals surface area contributed by atoms with Gasteiger partial charge in [0.2, 0.25) is 3.79 Å². The van der Waals surface area contributed by atoms with Gasteiger partial charge in [0.25, 0.3) is 0 Å². The monoisotopic (exact) mass is 306 g/mol. The molecule has 1 rings (SSSR count). The first-order chi connectivity index (χ1) is 5.41. The molecule has 0 aliphatic carbocycles. The molecule has 12 heavy (non-hydrogen) atoms. The lowest BCUT2D eigenvalue weighted by Gasteiger charge is -2.13. The molecule has 1 aromatic carbocycles. The van der Waals surface area contributed by atoms with Crippen LogP contribution in [0.1, 0.15) is 5.56 Å². The Labute approximate surface area is 98.9 Å². The molecule has 0 atom stereocenters. The second-order valence-corrected chi connectivity index (χ2v) is 5.69. The lowest BCUT2D eigenvalue weighted by molar-refractivity contribution is 1.22. The van der Waals surface area contributed by atoms with Crippen LogP contribution >= 0.6 is 62.3 Å². The molecule has 66 valence electrons. The van der Waals surface area contributed by atoms with Crippen molar-refractivity contribution in [3.05, 3.63) is 33.3 Å². The molecule has 0 fully saturated rings. The summed E-state index contributed by atoms with van der Waals surface area (Å²) < 4.78 is -0.712. The van der Waals surface area contributed by atoms with Crippen LogP contribution in [0.2, 0.25) is 5.02 Å². The Bertz CT molecular complexity index is 292. The Morgan fingerprint density at radius 3 is 2.17 bits per heavy atom. The summed E-state index contributed by atoms with van der Waals surface area (Å²) in [6.45, 7) is 0. The van der Waals surface area contributed by atoms with Crippen molar-refractivity contribution in [3.8, 4) is 0 Å². The Morgan fingerprint density at radius 1 is 1.17 bits per heavy atom. The highest BCUT2D eigenvalue weighted by Crippen LogP contribution is 2.42. The zero-order valence-corrected chi connectivity index (χ0v) is 10.2. The number of hydrogen-bond donors (Lipinski definition) is 0. The van der Waals surface area contributed by atoms with Crippen molar-refractivity contribution in [2.24, 2.45) is 0 Å². The molecule has 0 N–H and O–H groups in total. The second-order valence-electron chi connectivity index (χ2n) is 2.12. The SMILES string of the molecule is Clc1ccc(Br)c(C(Cl)(Cl)Cl)c1. The summed E-state index contributed by atoms with van der Waals surface area (Å²) in [6, 6.07) is 5.06. The van der Waals surface area contributed by atoms with E-state index in [4.69, 9.17) is 46.4 Å². The number of rotatable bonds is 0. The van der Waals surface area contributed by atoms with E-state index in [0.717, 1.165) is 4.47 Å². The van der Waals surface area contributed by atoms with E-state index in [9.17, 15) is 0 Å². The maximum Gasteiger partial charge on any atom is 0.217 e. The van der Waals surface area contributed by atoms with Gasteiger partial charge >= 0.3 is 0 Å². The lowest BCUT2D eigenvalue weighted by Crippen LogP contribution is -2.00. The molecule has 0 bridgehead atoms. The van der Waals surface area contributed by atoms with Gasteiger partial charge in [0.15, 0.2) is 0 Å². The topological polar surface area (TPSA) is 0 Å². The number of halogens is 5.